The second-order valence-corrected chi connectivity index (χ2v) is 9.41. The van der Waals surface area contributed by atoms with E-state index in [-0.39, 0.29) is 6.03 Å². The number of carbonyl (C=O) groups excluding carboxylic acids is 1. The number of piperidine rings is 2. The molecular weight excluding hydrogens is 364 g/mol. The van der Waals surface area contributed by atoms with Gasteiger partial charge in [-0.2, -0.15) is 0 Å². The first-order chi connectivity index (χ1) is 11.7. The average Bonchev–Trinajstić information content (AvgIpc) is 2.49. The van der Waals surface area contributed by atoms with Gasteiger partial charge in [0, 0.05) is 22.6 Å². The van der Waals surface area contributed by atoms with Crippen molar-refractivity contribution >= 4 is 22.0 Å². The number of hydrogen-bond acceptors (Lipinski definition) is 1. The largest absolute Gasteiger partial charge is 0.335 e. The lowest BCUT2D eigenvalue weighted by molar-refractivity contribution is -0.0326. The number of nitrogens with zero attached hydrogens (tertiary/aromatic N) is 1. The van der Waals surface area contributed by atoms with Crippen molar-refractivity contribution in [2.75, 3.05) is 0 Å². The molecule has 3 saturated carbocycles. The van der Waals surface area contributed by atoms with Gasteiger partial charge in [0.15, 0.2) is 0 Å². The van der Waals surface area contributed by atoms with Gasteiger partial charge in [0.2, 0.25) is 0 Å². The van der Waals surface area contributed by atoms with Crippen molar-refractivity contribution in [1.82, 2.24) is 10.2 Å². The first-order valence-corrected chi connectivity index (χ1v) is 10.3. The molecule has 0 radical (unpaired) electrons. The van der Waals surface area contributed by atoms with Crippen LogP contribution in [-0.2, 0) is 0 Å². The van der Waals surface area contributed by atoms with Crippen LogP contribution in [0.25, 0.3) is 0 Å². The highest BCUT2D eigenvalue weighted by Gasteiger charge is 2.49. The van der Waals surface area contributed by atoms with Crippen LogP contribution in [0.3, 0.4) is 0 Å². The first-order valence-electron chi connectivity index (χ1n) is 9.50. The van der Waals surface area contributed by atoms with Crippen LogP contribution in [-0.4, -0.2) is 29.1 Å². The van der Waals surface area contributed by atoms with Gasteiger partial charge >= 0.3 is 6.03 Å². The molecule has 0 aromatic heterocycles. The van der Waals surface area contributed by atoms with Crippen molar-refractivity contribution in [3.63, 3.8) is 0 Å². The summed E-state index contributed by atoms with van der Waals surface area (Å²) < 4.78 is 1.15. The highest BCUT2D eigenvalue weighted by atomic mass is 79.9. The summed E-state index contributed by atoms with van der Waals surface area (Å²) in [6.45, 7) is 0. The Bertz CT molecular complexity index is 627. The van der Waals surface area contributed by atoms with Crippen LogP contribution in [0.1, 0.15) is 56.4 Å². The molecule has 0 unspecified atom stereocenters. The summed E-state index contributed by atoms with van der Waals surface area (Å²) >= 11 is 3.55. The fraction of sp³-hybridized carbons (Fsp3) is 0.650. The van der Waals surface area contributed by atoms with Gasteiger partial charge in [-0.3, -0.25) is 0 Å². The molecule has 4 bridgehead atoms. The fourth-order valence-electron chi connectivity index (χ4n) is 5.88. The summed E-state index contributed by atoms with van der Waals surface area (Å²) in [6.07, 6.45) is 8.61. The van der Waals surface area contributed by atoms with E-state index < -0.39 is 0 Å². The number of urea groups is 1. The predicted molar refractivity (Wildman–Crippen MR) is 97.9 cm³/mol. The van der Waals surface area contributed by atoms with Gasteiger partial charge < -0.3 is 10.2 Å². The zero-order chi connectivity index (χ0) is 16.3. The zero-order valence-electron chi connectivity index (χ0n) is 14.0. The van der Waals surface area contributed by atoms with Crippen molar-refractivity contribution < 1.29 is 4.79 Å². The van der Waals surface area contributed by atoms with Gasteiger partial charge in [-0.15, -0.1) is 0 Å². The monoisotopic (exact) mass is 388 g/mol. The lowest BCUT2D eigenvalue weighted by Crippen LogP contribution is -2.63. The maximum Gasteiger partial charge on any atom is 0.318 e. The van der Waals surface area contributed by atoms with Gasteiger partial charge in [0.05, 0.1) is 0 Å². The number of nitrogens with one attached hydrogen (secondary N) is 1. The lowest BCUT2D eigenvalue weighted by atomic mass is 9.64. The van der Waals surface area contributed by atoms with Crippen LogP contribution >= 0.6 is 15.9 Å². The van der Waals surface area contributed by atoms with Crippen LogP contribution in [0.5, 0.6) is 0 Å². The molecule has 0 spiro atoms. The maximum atomic E-state index is 12.8. The van der Waals surface area contributed by atoms with E-state index in [0.29, 0.717) is 24.0 Å². The molecule has 2 saturated heterocycles. The number of benzene rings is 1. The van der Waals surface area contributed by atoms with E-state index in [2.05, 4.69) is 50.4 Å². The van der Waals surface area contributed by atoms with Gasteiger partial charge in [0.1, 0.15) is 0 Å². The third kappa shape index (κ3) is 2.58. The molecule has 3 aliphatic carbocycles. The molecule has 1 aromatic carbocycles. The molecular formula is C20H25BrN2O. The molecule has 128 valence electrons. The highest BCUT2D eigenvalue weighted by molar-refractivity contribution is 9.10. The Hall–Kier alpha value is -1.03. The van der Waals surface area contributed by atoms with Crippen molar-refractivity contribution in [1.29, 1.82) is 0 Å². The predicted octanol–water partition coefficient (Wildman–Crippen LogP) is 4.67. The molecule has 0 atom stereocenters. The van der Waals surface area contributed by atoms with Gasteiger partial charge in [0.25, 0.3) is 0 Å². The summed E-state index contributed by atoms with van der Waals surface area (Å²) in [4.78, 5) is 15.1. The average molecular weight is 389 g/mol. The minimum atomic E-state index is 0.224. The highest BCUT2D eigenvalue weighted by Crippen LogP contribution is 2.49. The van der Waals surface area contributed by atoms with Crippen LogP contribution < -0.4 is 5.32 Å². The van der Waals surface area contributed by atoms with E-state index in [9.17, 15) is 4.79 Å². The molecule has 5 fully saturated rings. The molecule has 2 heterocycles. The molecule has 2 aliphatic heterocycles. The number of rotatable bonds is 2. The van der Waals surface area contributed by atoms with Crippen LogP contribution in [0.15, 0.2) is 28.7 Å². The van der Waals surface area contributed by atoms with E-state index in [0.717, 1.165) is 29.2 Å². The smallest absolute Gasteiger partial charge is 0.318 e. The fourth-order valence-corrected chi connectivity index (χ4v) is 6.30. The summed E-state index contributed by atoms with van der Waals surface area (Å²) in [7, 11) is 0. The lowest BCUT2D eigenvalue weighted by Gasteiger charge is -2.56. The summed E-state index contributed by atoms with van der Waals surface area (Å²) in [6, 6.07) is 10.2. The Balaban J connectivity index is 1.19. The Morgan fingerprint density at radius 2 is 1.67 bits per heavy atom. The van der Waals surface area contributed by atoms with Gasteiger partial charge in [-0.05, 0) is 80.4 Å². The van der Waals surface area contributed by atoms with E-state index in [1.165, 1.54) is 37.7 Å². The third-order valence-corrected chi connectivity index (χ3v) is 7.39. The molecule has 5 aliphatic rings. The van der Waals surface area contributed by atoms with Crippen LogP contribution in [0, 0.1) is 11.8 Å². The van der Waals surface area contributed by atoms with Crippen molar-refractivity contribution in [3.8, 4) is 0 Å². The Labute approximate surface area is 152 Å². The van der Waals surface area contributed by atoms with Crippen molar-refractivity contribution in [2.45, 2.75) is 69.0 Å². The number of carbonyl (C=O) groups is 1. The number of amides is 2. The van der Waals surface area contributed by atoms with Crippen molar-refractivity contribution in [3.05, 3.63) is 34.3 Å². The van der Waals surface area contributed by atoms with Crippen LogP contribution in [0.4, 0.5) is 4.79 Å². The van der Waals surface area contributed by atoms with Gasteiger partial charge in [-0.25, -0.2) is 4.79 Å². The number of hydrogen-bond donors (Lipinski definition) is 1. The molecule has 6 rings (SSSR count). The summed E-state index contributed by atoms with van der Waals surface area (Å²) in [5, 5.41) is 3.33. The second-order valence-electron chi connectivity index (χ2n) is 8.50. The SMILES string of the molecule is O=C(NC1CC(c2cccc(Br)c2)C1)N1C2CC3CC(C2)CC1C3. The standard InChI is InChI=1S/C20H25BrN2O/c21-16-3-1-2-14(9-16)15-10-17(11-15)22-20(24)23-18-5-12-4-13(7-18)8-19(23)6-12/h1-3,9,12-13,15,17-19H,4-8,10-11H2,(H,22,24). The normalized spacial score (nSPS) is 39.6. The van der Waals surface area contributed by atoms with Gasteiger partial charge in [-0.1, -0.05) is 28.1 Å². The Kier molecular flexibility index (Phi) is 3.66. The number of halogens is 1. The molecule has 3 nitrogen and oxygen atoms in total. The molecule has 1 N–H and O–H groups in total. The van der Waals surface area contributed by atoms with E-state index in [4.69, 9.17) is 0 Å². The second kappa shape index (κ2) is 5.76. The molecule has 4 heteroatoms. The van der Waals surface area contributed by atoms with E-state index in [1.54, 1.807) is 0 Å². The molecule has 1 aromatic rings. The Morgan fingerprint density at radius 1 is 1.00 bits per heavy atom. The van der Waals surface area contributed by atoms with E-state index in [1.807, 2.05) is 0 Å². The maximum absolute atomic E-state index is 12.8. The first kappa shape index (κ1) is 15.2. The third-order valence-electron chi connectivity index (χ3n) is 6.90. The summed E-state index contributed by atoms with van der Waals surface area (Å²) in [5.74, 6) is 2.41. The zero-order valence-corrected chi connectivity index (χ0v) is 15.5. The Morgan fingerprint density at radius 3 is 2.29 bits per heavy atom. The van der Waals surface area contributed by atoms with Crippen molar-refractivity contribution in [2.24, 2.45) is 11.8 Å². The quantitative estimate of drug-likeness (QED) is 0.784. The molecule has 2 amide bonds. The topological polar surface area (TPSA) is 32.3 Å². The van der Waals surface area contributed by atoms with E-state index >= 15 is 0 Å². The molecule has 24 heavy (non-hydrogen) atoms. The minimum Gasteiger partial charge on any atom is -0.335 e. The summed E-state index contributed by atoms with van der Waals surface area (Å²) in [5.41, 5.74) is 1.39. The van der Waals surface area contributed by atoms with Crippen LogP contribution in [0.2, 0.25) is 0 Å². The minimum absolute atomic E-state index is 0.224.